The number of nitrogens with zero attached hydrogens (tertiary/aromatic N) is 6. The Morgan fingerprint density at radius 3 is 2.59 bits per heavy atom. The summed E-state index contributed by atoms with van der Waals surface area (Å²) in [5.74, 6) is -0.508. The molecule has 2 aromatic heterocycles. The molecule has 1 fully saturated rings. The van der Waals surface area contributed by atoms with Crippen LogP contribution in [0.2, 0.25) is 0 Å². The van der Waals surface area contributed by atoms with Crippen LogP contribution in [0, 0.1) is 0 Å². The summed E-state index contributed by atoms with van der Waals surface area (Å²) in [5, 5.41) is 11.5. The first kappa shape index (κ1) is 28.2. The van der Waals surface area contributed by atoms with E-state index < -0.39 is 6.04 Å². The minimum Gasteiger partial charge on any atom is -0.376 e. The molecular formula is C31H37N7O3. The Kier molecular flexibility index (Phi) is 9.20. The molecule has 214 valence electrons. The van der Waals surface area contributed by atoms with Crippen LogP contribution in [0.4, 0.5) is 5.69 Å². The van der Waals surface area contributed by atoms with Crippen molar-refractivity contribution in [1.29, 1.82) is 0 Å². The highest BCUT2D eigenvalue weighted by Gasteiger charge is 2.33. The number of pyridine rings is 1. The SMILES string of the molecule is CCN(CC)c1ccc([C@@H](C(=O)NC[C@H]2CCCO2)N(Cc2cccnc2)C(=O)Cn2nnc3ccccc32)cc1. The lowest BCUT2D eigenvalue weighted by Gasteiger charge is -2.32. The molecule has 2 atom stereocenters. The maximum absolute atomic E-state index is 14.1. The molecule has 0 aliphatic carbocycles. The molecule has 2 amide bonds. The number of nitrogens with one attached hydrogen (secondary N) is 1. The van der Waals surface area contributed by atoms with Crippen LogP contribution in [0.5, 0.6) is 0 Å². The van der Waals surface area contributed by atoms with Gasteiger partial charge >= 0.3 is 0 Å². The van der Waals surface area contributed by atoms with E-state index in [1.54, 1.807) is 22.0 Å². The molecular weight excluding hydrogens is 518 g/mol. The molecule has 1 saturated heterocycles. The van der Waals surface area contributed by atoms with E-state index in [-0.39, 0.29) is 31.0 Å². The monoisotopic (exact) mass is 555 g/mol. The number of hydrogen-bond acceptors (Lipinski definition) is 7. The Bertz CT molecular complexity index is 1430. The maximum Gasteiger partial charge on any atom is 0.247 e. The molecule has 10 heteroatoms. The third-order valence-electron chi connectivity index (χ3n) is 7.53. The van der Waals surface area contributed by atoms with Crippen LogP contribution < -0.4 is 10.2 Å². The van der Waals surface area contributed by atoms with Crippen molar-refractivity contribution in [2.75, 3.05) is 31.1 Å². The fraction of sp³-hybridized carbons (Fsp3) is 0.387. The molecule has 0 saturated carbocycles. The molecule has 0 bridgehead atoms. The molecule has 0 radical (unpaired) electrons. The zero-order chi connectivity index (χ0) is 28.6. The van der Waals surface area contributed by atoms with Crippen LogP contribution in [0.15, 0.2) is 73.1 Å². The number of benzene rings is 2. The first-order valence-electron chi connectivity index (χ1n) is 14.3. The first-order chi connectivity index (χ1) is 20.1. The minimum atomic E-state index is -0.871. The molecule has 2 aromatic carbocycles. The smallest absolute Gasteiger partial charge is 0.247 e. The van der Waals surface area contributed by atoms with Crippen LogP contribution in [-0.4, -0.2) is 69.0 Å². The molecule has 4 aromatic rings. The zero-order valence-corrected chi connectivity index (χ0v) is 23.6. The van der Waals surface area contributed by atoms with Crippen LogP contribution in [-0.2, 0) is 27.4 Å². The van der Waals surface area contributed by atoms with Crippen molar-refractivity contribution in [3.05, 3.63) is 84.2 Å². The average molecular weight is 556 g/mol. The quantitative estimate of drug-likeness (QED) is 0.284. The third-order valence-corrected chi connectivity index (χ3v) is 7.53. The van der Waals surface area contributed by atoms with Crippen LogP contribution >= 0.6 is 0 Å². The highest BCUT2D eigenvalue weighted by Crippen LogP contribution is 2.27. The van der Waals surface area contributed by atoms with E-state index >= 15 is 0 Å². The number of carbonyl (C=O) groups is 2. The van der Waals surface area contributed by atoms with E-state index in [2.05, 4.69) is 39.4 Å². The largest absolute Gasteiger partial charge is 0.376 e. The van der Waals surface area contributed by atoms with E-state index in [1.807, 2.05) is 60.7 Å². The summed E-state index contributed by atoms with van der Waals surface area (Å²) in [4.78, 5) is 36.2. The van der Waals surface area contributed by atoms with E-state index in [0.29, 0.717) is 18.7 Å². The van der Waals surface area contributed by atoms with E-state index in [9.17, 15) is 9.59 Å². The lowest BCUT2D eigenvalue weighted by atomic mass is 10.0. The van der Waals surface area contributed by atoms with Crippen molar-refractivity contribution < 1.29 is 14.3 Å². The highest BCUT2D eigenvalue weighted by molar-refractivity contribution is 5.89. The summed E-state index contributed by atoms with van der Waals surface area (Å²) in [6.45, 7) is 7.21. The van der Waals surface area contributed by atoms with Gasteiger partial charge < -0.3 is 19.9 Å². The standard InChI is InChI=1S/C31H37N7O3/c1-3-36(4-2)25-15-13-24(14-16-25)30(31(40)33-20-26-10-8-18-41-26)37(21-23-9-7-17-32-19-23)29(39)22-38-28-12-6-5-11-27(28)34-35-38/h5-7,9,11-17,19,26,30H,3-4,8,10,18,20-22H2,1-2H3,(H,33,40)/t26-,30+/m1/s1. The number of carbonyl (C=O) groups excluding carboxylic acids is 2. The predicted molar refractivity (Wildman–Crippen MR) is 157 cm³/mol. The Balaban J connectivity index is 1.50. The van der Waals surface area contributed by atoms with Gasteiger partial charge in [-0.1, -0.05) is 35.5 Å². The Labute approximate surface area is 240 Å². The van der Waals surface area contributed by atoms with Gasteiger partial charge in [0.25, 0.3) is 0 Å². The Hall–Kier alpha value is -4.31. The second kappa shape index (κ2) is 13.4. The van der Waals surface area contributed by atoms with Crippen molar-refractivity contribution in [2.24, 2.45) is 0 Å². The molecule has 1 N–H and O–H groups in total. The van der Waals surface area contributed by atoms with Gasteiger partial charge in [-0.15, -0.1) is 5.10 Å². The summed E-state index contributed by atoms with van der Waals surface area (Å²) in [6, 6.07) is 18.3. The number of para-hydroxylation sites is 1. The summed E-state index contributed by atoms with van der Waals surface area (Å²) in [6.07, 6.45) is 5.27. The Morgan fingerprint density at radius 2 is 1.88 bits per heavy atom. The van der Waals surface area contributed by atoms with Crippen molar-refractivity contribution in [1.82, 2.24) is 30.2 Å². The van der Waals surface area contributed by atoms with Crippen molar-refractivity contribution in [3.8, 4) is 0 Å². The Morgan fingerprint density at radius 1 is 1.07 bits per heavy atom. The lowest BCUT2D eigenvalue weighted by molar-refractivity contribution is -0.142. The number of fused-ring (bicyclic) bond motifs is 1. The number of anilines is 1. The number of amides is 2. The van der Waals surface area contributed by atoms with E-state index in [4.69, 9.17) is 4.74 Å². The fourth-order valence-corrected chi connectivity index (χ4v) is 5.31. The van der Waals surface area contributed by atoms with Gasteiger partial charge in [0.15, 0.2) is 0 Å². The van der Waals surface area contributed by atoms with Crippen molar-refractivity contribution >= 4 is 28.5 Å². The second-order valence-corrected chi connectivity index (χ2v) is 10.2. The molecule has 5 rings (SSSR count). The van der Waals surface area contributed by atoms with Gasteiger partial charge in [0.2, 0.25) is 11.8 Å². The van der Waals surface area contributed by atoms with Gasteiger partial charge in [-0.2, -0.15) is 0 Å². The molecule has 1 aliphatic rings. The third kappa shape index (κ3) is 6.71. The topological polar surface area (TPSA) is 105 Å². The second-order valence-electron chi connectivity index (χ2n) is 10.2. The van der Waals surface area contributed by atoms with Gasteiger partial charge in [0.1, 0.15) is 18.1 Å². The summed E-state index contributed by atoms with van der Waals surface area (Å²) < 4.78 is 7.32. The van der Waals surface area contributed by atoms with Gasteiger partial charge in [-0.3, -0.25) is 14.6 Å². The van der Waals surface area contributed by atoms with Crippen LogP contribution in [0.1, 0.15) is 43.9 Å². The molecule has 10 nitrogen and oxygen atoms in total. The van der Waals surface area contributed by atoms with Crippen molar-refractivity contribution in [2.45, 2.75) is 51.9 Å². The number of aromatic nitrogens is 4. The first-order valence-corrected chi connectivity index (χ1v) is 14.3. The van der Waals surface area contributed by atoms with E-state index in [1.165, 1.54) is 0 Å². The number of hydrogen-bond donors (Lipinski definition) is 1. The van der Waals surface area contributed by atoms with Crippen molar-refractivity contribution in [3.63, 3.8) is 0 Å². The minimum absolute atomic E-state index is 0.0198. The maximum atomic E-state index is 14.1. The number of ether oxygens (including phenoxy) is 1. The zero-order valence-electron chi connectivity index (χ0n) is 23.6. The highest BCUT2D eigenvalue weighted by atomic mass is 16.5. The molecule has 1 aliphatic heterocycles. The molecule has 3 heterocycles. The summed E-state index contributed by atoms with van der Waals surface area (Å²) in [7, 11) is 0. The van der Waals surface area contributed by atoms with Gasteiger partial charge in [-0.05, 0) is 68.1 Å². The summed E-state index contributed by atoms with van der Waals surface area (Å²) in [5.41, 5.74) is 4.08. The fourth-order valence-electron chi connectivity index (χ4n) is 5.31. The predicted octanol–water partition coefficient (Wildman–Crippen LogP) is 3.74. The van der Waals surface area contributed by atoms with Gasteiger partial charge in [-0.25, -0.2) is 4.68 Å². The van der Waals surface area contributed by atoms with Gasteiger partial charge in [0.05, 0.1) is 11.6 Å². The van der Waals surface area contributed by atoms with Crippen LogP contribution in [0.3, 0.4) is 0 Å². The number of rotatable bonds is 12. The normalized spacial score (nSPS) is 15.5. The molecule has 0 spiro atoms. The van der Waals surface area contributed by atoms with Gasteiger partial charge in [0, 0.05) is 50.9 Å². The molecule has 41 heavy (non-hydrogen) atoms. The van der Waals surface area contributed by atoms with Crippen LogP contribution in [0.25, 0.3) is 11.0 Å². The van der Waals surface area contributed by atoms with E-state index in [0.717, 1.165) is 48.3 Å². The average Bonchev–Trinajstić information content (AvgIpc) is 3.68. The summed E-state index contributed by atoms with van der Waals surface area (Å²) >= 11 is 0. The molecule has 0 unspecified atom stereocenters. The lowest BCUT2D eigenvalue weighted by Crippen LogP contribution is -2.46.